The smallest absolute Gasteiger partial charge is 0.335 e. The third-order valence-corrected chi connectivity index (χ3v) is 2.19. The Bertz CT molecular complexity index is 202. The number of carbonyl (C=O) groups excluding carboxylic acids is 1. The van der Waals surface area contributed by atoms with Crippen molar-refractivity contribution in [3.05, 3.63) is 0 Å². The maximum atomic E-state index is 12.0. The van der Waals surface area contributed by atoms with Gasteiger partial charge < -0.3 is 4.90 Å². The summed E-state index contributed by atoms with van der Waals surface area (Å²) in [6.45, 7) is 2.33. The maximum Gasteiger partial charge on any atom is 0.471 e. The fraction of sp³-hybridized carbons (Fsp3) is 0.875. The third kappa shape index (κ3) is 2.60. The number of rotatable bonds is 0. The van der Waals surface area contributed by atoms with Crippen molar-refractivity contribution in [1.29, 1.82) is 0 Å². The molecule has 0 N–H and O–H groups in total. The number of carbonyl (C=O) groups is 1. The van der Waals surface area contributed by atoms with E-state index in [0.717, 1.165) is 11.3 Å². The molecule has 5 heteroatoms. The second-order valence-corrected chi connectivity index (χ2v) is 3.50. The summed E-state index contributed by atoms with van der Waals surface area (Å²) in [6.07, 6.45) is -3.14. The zero-order valence-corrected chi connectivity index (χ0v) is 7.40. The Balaban J connectivity index is 2.56. The normalized spacial score (nSPS) is 24.6. The molecule has 0 aromatic rings. The second kappa shape index (κ2) is 3.55. The van der Waals surface area contributed by atoms with Crippen molar-refractivity contribution in [3.8, 4) is 0 Å². The predicted molar refractivity (Wildman–Crippen MR) is 41.0 cm³/mol. The SMILES string of the molecule is C[C@@H]1CCCN(C(=O)C(F)(F)F)C1. The fourth-order valence-electron chi connectivity index (χ4n) is 1.55. The minimum atomic E-state index is -4.71. The Morgan fingerprint density at radius 2 is 2.08 bits per heavy atom. The Morgan fingerprint density at radius 3 is 2.54 bits per heavy atom. The number of hydrogen-bond acceptors (Lipinski definition) is 1. The number of alkyl halides is 3. The molecule has 1 saturated heterocycles. The maximum absolute atomic E-state index is 12.0. The van der Waals surface area contributed by atoms with Crippen molar-refractivity contribution in [3.63, 3.8) is 0 Å². The lowest BCUT2D eigenvalue weighted by molar-refractivity contribution is -0.187. The van der Waals surface area contributed by atoms with E-state index in [1.165, 1.54) is 0 Å². The van der Waals surface area contributed by atoms with Gasteiger partial charge in [0.2, 0.25) is 0 Å². The minimum absolute atomic E-state index is 0.181. The number of amides is 1. The number of hydrogen-bond donors (Lipinski definition) is 0. The van der Waals surface area contributed by atoms with E-state index < -0.39 is 12.1 Å². The van der Waals surface area contributed by atoms with Gasteiger partial charge in [-0.25, -0.2) is 0 Å². The highest BCUT2D eigenvalue weighted by Gasteiger charge is 2.43. The van der Waals surface area contributed by atoms with Gasteiger partial charge in [0.15, 0.2) is 0 Å². The molecular weight excluding hydrogens is 183 g/mol. The molecule has 1 rings (SSSR count). The summed E-state index contributed by atoms with van der Waals surface area (Å²) < 4.78 is 35.9. The highest BCUT2D eigenvalue weighted by molar-refractivity contribution is 5.81. The molecule has 0 aromatic carbocycles. The van der Waals surface area contributed by atoms with Crippen LogP contribution in [0, 0.1) is 5.92 Å². The summed E-state index contributed by atoms with van der Waals surface area (Å²) in [6, 6.07) is 0. The van der Waals surface area contributed by atoms with Gasteiger partial charge in [-0.3, -0.25) is 4.79 Å². The van der Waals surface area contributed by atoms with Crippen LogP contribution in [-0.4, -0.2) is 30.1 Å². The van der Waals surface area contributed by atoms with Crippen molar-refractivity contribution in [1.82, 2.24) is 4.90 Å². The first-order valence-corrected chi connectivity index (χ1v) is 4.27. The van der Waals surface area contributed by atoms with Crippen LogP contribution in [-0.2, 0) is 4.79 Å². The van der Waals surface area contributed by atoms with Crippen LogP contribution >= 0.6 is 0 Å². The third-order valence-electron chi connectivity index (χ3n) is 2.19. The van der Waals surface area contributed by atoms with Crippen molar-refractivity contribution in [2.45, 2.75) is 25.9 Å². The zero-order valence-electron chi connectivity index (χ0n) is 7.40. The Hall–Kier alpha value is -0.740. The molecule has 2 nitrogen and oxygen atoms in total. The molecule has 1 fully saturated rings. The lowest BCUT2D eigenvalue weighted by Gasteiger charge is -2.31. The molecule has 1 aliphatic heterocycles. The molecule has 1 aliphatic rings. The molecule has 1 atom stereocenters. The number of nitrogens with zero attached hydrogens (tertiary/aromatic N) is 1. The number of halogens is 3. The fourth-order valence-corrected chi connectivity index (χ4v) is 1.55. The topological polar surface area (TPSA) is 20.3 Å². The molecule has 0 aliphatic carbocycles. The van der Waals surface area contributed by atoms with E-state index in [-0.39, 0.29) is 19.0 Å². The summed E-state index contributed by atoms with van der Waals surface area (Å²) >= 11 is 0. The van der Waals surface area contributed by atoms with E-state index in [4.69, 9.17) is 0 Å². The molecule has 13 heavy (non-hydrogen) atoms. The largest absolute Gasteiger partial charge is 0.471 e. The molecule has 0 aromatic heterocycles. The van der Waals surface area contributed by atoms with E-state index >= 15 is 0 Å². The molecule has 76 valence electrons. The van der Waals surface area contributed by atoms with Gasteiger partial charge in [0.25, 0.3) is 0 Å². The van der Waals surface area contributed by atoms with E-state index in [2.05, 4.69) is 0 Å². The molecule has 0 saturated carbocycles. The van der Waals surface area contributed by atoms with Gasteiger partial charge in [0.1, 0.15) is 0 Å². The minimum Gasteiger partial charge on any atom is -0.335 e. The van der Waals surface area contributed by atoms with Gasteiger partial charge in [-0.05, 0) is 18.8 Å². The first-order chi connectivity index (χ1) is 5.91. The summed E-state index contributed by atoms with van der Waals surface area (Å²) in [5, 5.41) is 0. The number of piperidine rings is 1. The summed E-state index contributed by atoms with van der Waals surface area (Å²) in [5.74, 6) is -1.51. The van der Waals surface area contributed by atoms with Gasteiger partial charge >= 0.3 is 12.1 Å². The van der Waals surface area contributed by atoms with Gasteiger partial charge in [-0.1, -0.05) is 6.92 Å². The Morgan fingerprint density at radius 1 is 1.46 bits per heavy atom. The predicted octanol–water partition coefficient (Wildman–Crippen LogP) is 1.81. The lowest BCUT2D eigenvalue weighted by Crippen LogP contribution is -2.45. The van der Waals surface area contributed by atoms with Gasteiger partial charge in [0, 0.05) is 13.1 Å². The Kier molecular flexibility index (Phi) is 2.83. The van der Waals surface area contributed by atoms with Crippen LogP contribution in [0.3, 0.4) is 0 Å². The monoisotopic (exact) mass is 195 g/mol. The van der Waals surface area contributed by atoms with Gasteiger partial charge in [-0.2, -0.15) is 13.2 Å². The molecule has 0 spiro atoms. The summed E-state index contributed by atoms with van der Waals surface area (Å²) in [7, 11) is 0. The summed E-state index contributed by atoms with van der Waals surface area (Å²) in [5.41, 5.74) is 0. The van der Waals surface area contributed by atoms with Crippen molar-refractivity contribution >= 4 is 5.91 Å². The van der Waals surface area contributed by atoms with Crippen molar-refractivity contribution < 1.29 is 18.0 Å². The molecular formula is C8H12F3NO. The van der Waals surface area contributed by atoms with E-state index in [1.54, 1.807) is 0 Å². The van der Waals surface area contributed by atoms with Gasteiger partial charge in [0.05, 0.1) is 0 Å². The van der Waals surface area contributed by atoms with Crippen LogP contribution in [0.25, 0.3) is 0 Å². The molecule has 0 unspecified atom stereocenters. The van der Waals surface area contributed by atoms with E-state index in [9.17, 15) is 18.0 Å². The quantitative estimate of drug-likeness (QED) is 0.577. The second-order valence-electron chi connectivity index (χ2n) is 3.50. The highest BCUT2D eigenvalue weighted by Crippen LogP contribution is 2.23. The molecule has 0 radical (unpaired) electrons. The first-order valence-electron chi connectivity index (χ1n) is 4.27. The Labute approximate surface area is 74.7 Å². The molecule has 1 heterocycles. The van der Waals surface area contributed by atoms with Crippen LogP contribution in [0.15, 0.2) is 0 Å². The van der Waals surface area contributed by atoms with E-state index in [1.807, 2.05) is 6.92 Å². The molecule has 0 bridgehead atoms. The highest BCUT2D eigenvalue weighted by atomic mass is 19.4. The van der Waals surface area contributed by atoms with Crippen LogP contribution in [0.1, 0.15) is 19.8 Å². The number of likely N-dealkylation sites (tertiary alicyclic amines) is 1. The van der Waals surface area contributed by atoms with Crippen molar-refractivity contribution in [2.24, 2.45) is 5.92 Å². The average Bonchev–Trinajstić information content (AvgIpc) is 2.01. The van der Waals surface area contributed by atoms with Crippen LogP contribution in [0.4, 0.5) is 13.2 Å². The van der Waals surface area contributed by atoms with Crippen LogP contribution in [0.2, 0.25) is 0 Å². The standard InChI is InChI=1S/C8H12F3NO/c1-6-3-2-4-12(5-6)7(13)8(9,10)11/h6H,2-5H2,1H3/t6-/m1/s1. The molecule has 1 amide bonds. The van der Waals surface area contributed by atoms with Crippen molar-refractivity contribution in [2.75, 3.05) is 13.1 Å². The first kappa shape index (κ1) is 10.3. The lowest BCUT2D eigenvalue weighted by atomic mass is 10.0. The summed E-state index contributed by atoms with van der Waals surface area (Å²) in [4.78, 5) is 11.7. The average molecular weight is 195 g/mol. The van der Waals surface area contributed by atoms with Gasteiger partial charge in [-0.15, -0.1) is 0 Å². The van der Waals surface area contributed by atoms with Crippen LogP contribution in [0.5, 0.6) is 0 Å². The van der Waals surface area contributed by atoms with E-state index in [0.29, 0.717) is 6.42 Å². The zero-order chi connectivity index (χ0) is 10.1. The van der Waals surface area contributed by atoms with Crippen LogP contribution < -0.4 is 0 Å².